The number of carbonyl (C=O) groups excluding carboxylic acids is 1. The number of anilines is 1. The third kappa shape index (κ3) is 3.77. The quantitative estimate of drug-likeness (QED) is 0.661. The minimum Gasteiger partial charge on any atom is -0.387 e. The maximum Gasteiger partial charge on any atom is 0.269 e. The molecule has 19 heavy (non-hydrogen) atoms. The zero-order valence-corrected chi connectivity index (χ0v) is 10.7. The summed E-state index contributed by atoms with van der Waals surface area (Å²) in [5.41, 5.74) is 1.29. The summed E-state index contributed by atoms with van der Waals surface area (Å²) in [6.45, 7) is 0.578. The molecular weight excluding hydrogens is 244 g/mol. The van der Waals surface area contributed by atoms with E-state index in [0.717, 1.165) is 24.4 Å². The molecule has 0 fully saturated rings. The van der Waals surface area contributed by atoms with Crippen LogP contribution in [0.2, 0.25) is 0 Å². The fourth-order valence-electron chi connectivity index (χ4n) is 1.58. The van der Waals surface area contributed by atoms with Gasteiger partial charge in [-0.2, -0.15) is 5.10 Å². The van der Waals surface area contributed by atoms with Gasteiger partial charge in [0, 0.05) is 20.0 Å². The van der Waals surface area contributed by atoms with Crippen molar-refractivity contribution < 1.29 is 4.79 Å². The number of amides is 1. The summed E-state index contributed by atoms with van der Waals surface area (Å²) >= 11 is 0. The first-order valence-corrected chi connectivity index (χ1v) is 6.06. The Bertz CT molecular complexity index is 508. The number of nitrogens with one attached hydrogen (secondary N) is 3. The third-order valence-corrected chi connectivity index (χ3v) is 2.63. The average Bonchev–Trinajstić information content (AvgIpc) is 2.96. The zero-order valence-electron chi connectivity index (χ0n) is 10.7. The lowest BCUT2D eigenvalue weighted by Crippen LogP contribution is -2.25. The number of hydrogen-bond donors (Lipinski definition) is 3. The summed E-state index contributed by atoms with van der Waals surface area (Å²) in [7, 11) is 1.81. The fraction of sp³-hybridized carbons (Fsp3) is 0.333. The van der Waals surface area contributed by atoms with Gasteiger partial charge in [-0.1, -0.05) is 0 Å². The molecule has 0 radical (unpaired) electrons. The summed E-state index contributed by atoms with van der Waals surface area (Å²) in [5.74, 6) is 0.658. The summed E-state index contributed by atoms with van der Waals surface area (Å²) in [6.07, 6.45) is 4.66. The first-order valence-electron chi connectivity index (χ1n) is 6.06. The lowest BCUT2D eigenvalue weighted by molar-refractivity contribution is 0.0948. The summed E-state index contributed by atoms with van der Waals surface area (Å²) < 4.78 is 0. The fourth-order valence-corrected chi connectivity index (χ4v) is 1.58. The second-order valence-electron chi connectivity index (χ2n) is 3.97. The van der Waals surface area contributed by atoms with Crippen LogP contribution in [0.5, 0.6) is 0 Å². The van der Waals surface area contributed by atoms with Crippen molar-refractivity contribution in [1.82, 2.24) is 25.5 Å². The zero-order chi connectivity index (χ0) is 13.5. The summed E-state index contributed by atoms with van der Waals surface area (Å²) in [5, 5.41) is 12.3. The summed E-state index contributed by atoms with van der Waals surface area (Å²) in [6, 6.07) is 3.51. The molecule has 0 aliphatic rings. The van der Waals surface area contributed by atoms with Crippen LogP contribution < -0.4 is 10.6 Å². The van der Waals surface area contributed by atoms with Gasteiger partial charge in [0.2, 0.25) is 0 Å². The van der Waals surface area contributed by atoms with Crippen molar-refractivity contribution in [3.8, 4) is 0 Å². The number of rotatable bonds is 6. The number of aromatic amines is 1. The molecule has 0 saturated heterocycles. The molecular formula is C12H16N6O. The highest BCUT2D eigenvalue weighted by atomic mass is 16.1. The predicted molar refractivity (Wildman–Crippen MR) is 70.8 cm³/mol. The molecule has 0 spiro atoms. The molecule has 7 heteroatoms. The highest BCUT2D eigenvalue weighted by molar-refractivity contribution is 5.92. The van der Waals surface area contributed by atoms with Crippen molar-refractivity contribution in [1.29, 1.82) is 0 Å². The van der Waals surface area contributed by atoms with Crippen molar-refractivity contribution in [3.05, 3.63) is 36.2 Å². The van der Waals surface area contributed by atoms with E-state index in [9.17, 15) is 4.79 Å². The summed E-state index contributed by atoms with van der Waals surface area (Å²) in [4.78, 5) is 19.9. The van der Waals surface area contributed by atoms with Crippen molar-refractivity contribution in [2.24, 2.45) is 0 Å². The first kappa shape index (κ1) is 13.0. The Labute approximate surface area is 110 Å². The van der Waals surface area contributed by atoms with E-state index in [1.807, 2.05) is 6.07 Å². The number of H-pyrrole nitrogens is 1. The normalized spacial score (nSPS) is 10.2. The van der Waals surface area contributed by atoms with Crippen LogP contribution in [0.15, 0.2) is 24.7 Å². The van der Waals surface area contributed by atoms with Gasteiger partial charge in [-0.05, 0) is 18.6 Å². The van der Waals surface area contributed by atoms with Crippen LogP contribution in [0.25, 0.3) is 0 Å². The van der Waals surface area contributed by atoms with Gasteiger partial charge in [-0.15, -0.1) is 0 Å². The van der Waals surface area contributed by atoms with Gasteiger partial charge in [0.1, 0.15) is 17.8 Å². The second-order valence-corrected chi connectivity index (χ2v) is 3.97. The van der Waals surface area contributed by atoms with Crippen LogP contribution in [-0.4, -0.2) is 39.7 Å². The molecule has 1 amide bonds. The monoisotopic (exact) mass is 260 g/mol. The van der Waals surface area contributed by atoms with Crippen LogP contribution in [0.3, 0.4) is 0 Å². The lowest BCUT2D eigenvalue weighted by atomic mass is 10.3. The van der Waals surface area contributed by atoms with Gasteiger partial charge in [-0.3, -0.25) is 9.89 Å². The largest absolute Gasteiger partial charge is 0.387 e. The molecule has 100 valence electrons. The molecule has 0 aliphatic carbocycles. The smallest absolute Gasteiger partial charge is 0.269 e. The van der Waals surface area contributed by atoms with Gasteiger partial charge < -0.3 is 10.6 Å². The Kier molecular flexibility index (Phi) is 4.44. The Morgan fingerprint density at radius 2 is 2.26 bits per heavy atom. The lowest BCUT2D eigenvalue weighted by Gasteiger charge is -2.04. The van der Waals surface area contributed by atoms with Crippen LogP contribution in [-0.2, 0) is 6.42 Å². The van der Waals surface area contributed by atoms with E-state index in [0.29, 0.717) is 12.2 Å². The predicted octanol–water partition coefficient (Wildman–Crippen LogP) is 0.604. The van der Waals surface area contributed by atoms with Crippen molar-refractivity contribution >= 4 is 11.6 Å². The molecule has 2 aromatic rings. The van der Waals surface area contributed by atoms with Gasteiger partial charge in [0.25, 0.3) is 5.91 Å². The van der Waals surface area contributed by atoms with Gasteiger partial charge in [0.05, 0.1) is 11.9 Å². The van der Waals surface area contributed by atoms with Gasteiger partial charge in [0.15, 0.2) is 0 Å². The van der Waals surface area contributed by atoms with E-state index in [-0.39, 0.29) is 5.91 Å². The Morgan fingerprint density at radius 3 is 2.89 bits per heavy atom. The van der Waals surface area contributed by atoms with Crippen molar-refractivity contribution in [2.75, 3.05) is 18.9 Å². The topological polar surface area (TPSA) is 95.6 Å². The van der Waals surface area contributed by atoms with E-state index in [1.165, 1.54) is 6.33 Å². The Morgan fingerprint density at radius 1 is 1.37 bits per heavy atom. The van der Waals surface area contributed by atoms with Crippen LogP contribution >= 0.6 is 0 Å². The van der Waals surface area contributed by atoms with Crippen LogP contribution in [0.1, 0.15) is 22.7 Å². The average molecular weight is 260 g/mol. The molecule has 0 saturated carbocycles. The number of hydrogen-bond acceptors (Lipinski definition) is 5. The van der Waals surface area contributed by atoms with Crippen molar-refractivity contribution in [3.63, 3.8) is 0 Å². The molecule has 3 N–H and O–H groups in total. The Hall–Kier alpha value is -2.44. The number of aromatic nitrogens is 4. The number of pyridine rings is 1. The number of aryl methyl sites for hydroxylation is 1. The molecule has 0 unspecified atom stereocenters. The molecule has 2 rings (SSSR count). The second kappa shape index (κ2) is 6.48. The molecule has 0 aliphatic heterocycles. The molecule has 7 nitrogen and oxygen atoms in total. The standard InChI is InChI=1S/C12H16N6O/c1-13-9-4-5-10(15-7-9)12(19)14-6-2-3-11-16-8-17-18-11/h4-5,7-8,13H,2-3,6H2,1H3,(H,14,19)(H,16,17,18). The highest BCUT2D eigenvalue weighted by Crippen LogP contribution is 2.04. The van der Waals surface area contributed by atoms with E-state index >= 15 is 0 Å². The van der Waals surface area contributed by atoms with E-state index in [4.69, 9.17) is 0 Å². The number of carbonyl (C=O) groups is 1. The minimum atomic E-state index is -0.166. The molecule has 2 heterocycles. The molecule has 0 atom stereocenters. The Balaban J connectivity index is 1.74. The first-order chi connectivity index (χ1) is 9.29. The van der Waals surface area contributed by atoms with E-state index in [2.05, 4.69) is 30.8 Å². The van der Waals surface area contributed by atoms with Gasteiger partial charge in [-0.25, -0.2) is 9.97 Å². The van der Waals surface area contributed by atoms with Gasteiger partial charge >= 0.3 is 0 Å². The van der Waals surface area contributed by atoms with E-state index in [1.54, 1.807) is 19.3 Å². The maximum absolute atomic E-state index is 11.8. The molecule has 0 bridgehead atoms. The molecule has 0 aromatic carbocycles. The minimum absolute atomic E-state index is 0.166. The van der Waals surface area contributed by atoms with Crippen LogP contribution in [0, 0.1) is 0 Å². The number of nitrogens with zero attached hydrogens (tertiary/aromatic N) is 3. The SMILES string of the molecule is CNc1ccc(C(=O)NCCCc2ncn[nH]2)nc1. The van der Waals surface area contributed by atoms with Crippen LogP contribution in [0.4, 0.5) is 5.69 Å². The van der Waals surface area contributed by atoms with Crippen molar-refractivity contribution in [2.45, 2.75) is 12.8 Å². The maximum atomic E-state index is 11.8. The highest BCUT2D eigenvalue weighted by Gasteiger charge is 2.06. The molecule has 2 aromatic heterocycles. The van der Waals surface area contributed by atoms with E-state index < -0.39 is 0 Å². The third-order valence-electron chi connectivity index (χ3n) is 2.63.